The molecule has 0 bridgehead atoms. The average Bonchev–Trinajstić information content (AvgIpc) is 3.29. The second kappa shape index (κ2) is 7.31. The molecule has 2 aromatic rings. The van der Waals surface area contributed by atoms with Gasteiger partial charge in [0, 0.05) is 31.9 Å². The van der Waals surface area contributed by atoms with Gasteiger partial charge >= 0.3 is 0 Å². The van der Waals surface area contributed by atoms with Crippen LogP contribution in [0.1, 0.15) is 54.5 Å². The van der Waals surface area contributed by atoms with Gasteiger partial charge in [-0.25, -0.2) is 4.98 Å². The van der Waals surface area contributed by atoms with E-state index in [1.165, 1.54) is 0 Å². The highest BCUT2D eigenvalue weighted by molar-refractivity contribution is 5.94. The zero-order valence-corrected chi connectivity index (χ0v) is 16.1. The normalized spacial score (nSPS) is 25.8. The number of likely N-dealkylation sites (tertiary alicyclic amines) is 1. The van der Waals surface area contributed by atoms with Gasteiger partial charge in [0.1, 0.15) is 5.82 Å². The monoisotopic (exact) mass is 370 g/mol. The molecule has 2 aliphatic rings. The predicted molar refractivity (Wildman–Crippen MR) is 101 cm³/mol. The summed E-state index contributed by atoms with van der Waals surface area (Å²) in [6, 6.07) is 5.68. The molecule has 7 heteroatoms. The third kappa shape index (κ3) is 3.69. The number of hydrogen-bond donors (Lipinski definition) is 0. The Bertz CT molecular complexity index is 794. The number of anilines is 1. The van der Waals surface area contributed by atoms with Gasteiger partial charge in [0.05, 0.1) is 29.5 Å². The number of ether oxygens (including phenoxy) is 1. The number of morpholine rings is 1. The van der Waals surface area contributed by atoms with Crippen LogP contribution in [0.5, 0.6) is 0 Å². The molecule has 0 aromatic carbocycles. The number of rotatable bonds is 3. The summed E-state index contributed by atoms with van der Waals surface area (Å²) in [4.78, 5) is 21.7. The number of pyridine rings is 1. The Morgan fingerprint density at radius 2 is 2.00 bits per heavy atom. The number of carbonyl (C=O) groups excluding carboxylic acids is 1. The minimum absolute atomic E-state index is 0.00526. The number of hydrogen-bond acceptors (Lipinski definition) is 6. The van der Waals surface area contributed by atoms with E-state index in [9.17, 15) is 4.79 Å². The first-order valence-corrected chi connectivity index (χ1v) is 9.62. The Balaban J connectivity index is 1.49. The summed E-state index contributed by atoms with van der Waals surface area (Å²) in [7, 11) is 0. The molecule has 7 nitrogen and oxygen atoms in total. The fourth-order valence-electron chi connectivity index (χ4n) is 4.08. The van der Waals surface area contributed by atoms with Crippen LogP contribution in [0.3, 0.4) is 0 Å². The van der Waals surface area contributed by atoms with Gasteiger partial charge in [0.2, 0.25) is 0 Å². The molecule has 0 saturated carbocycles. The lowest BCUT2D eigenvalue weighted by molar-refractivity contribution is -0.00546. The van der Waals surface area contributed by atoms with Gasteiger partial charge in [-0.3, -0.25) is 4.79 Å². The lowest BCUT2D eigenvalue weighted by atomic mass is 10.1. The Hall–Kier alpha value is -2.41. The van der Waals surface area contributed by atoms with Crippen LogP contribution in [0.25, 0.3) is 0 Å². The van der Waals surface area contributed by atoms with E-state index in [2.05, 4.69) is 28.9 Å². The summed E-state index contributed by atoms with van der Waals surface area (Å²) in [6.45, 7) is 8.37. The van der Waals surface area contributed by atoms with E-state index in [1.54, 1.807) is 6.20 Å². The van der Waals surface area contributed by atoms with Crippen LogP contribution in [-0.2, 0) is 4.74 Å². The van der Waals surface area contributed by atoms with Gasteiger partial charge in [-0.05, 0) is 45.7 Å². The second-order valence-corrected chi connectivity index (χ2v) is 7.59. The first-order chi connectivity index (χ1) is 13.0. The number of amides is 1. The van der Waals surface area contributed by atoms with Crippen molar-refractivity contribution in [1.29, 1.82) is 0 Å². The molecule has 0 aliphatic carbocycles. The molecule has 27 heavy (non-hydrogen) atoms. The van der Waals surface area contributed by atoms with Crippen LogP contribution in [-0.4, -0.2) is 52.8 Å². The molecule has 0 N–H and O–H groups in total. The standard InChI is InChI=1S/C20H26N4O3/c1-13-9-18(27-22-13)17-5-4-8-24(17)20(25)16-6-7-19(21-10-16)23-11-14(2)26-15(3)12-23/h6-7,9-10,14-15,17H,4-5,8,11-12H2,1-3H3/t14-,15+,17-/m0/s1. The third-order valence-electron chi connectivity index (χ3n) is 5.23. The summed E-state index contributed by atoms with van der Waals surface area (Å²) in [6.07, 6.45) is 3.89. The molecule has 0 spiro atoms. The third-order valence-corrected chi connectivity index (χ3v) is 5.23. The first kappa shape index (κ1) is 18.0. The topological polar surface area (TPSA) is 71.7 Å². The smallest absolute Gasteiger partial charge is 0.256 e. The zero-order chi connectivity index (χ0) is 19.0. The summed E-state index contributed by atoms with van der Waals surface area (Å²) < 4.78 is 11.2. The van der Waals surface area contributed by atoms with Crippen LogP contribution in [0.15, 0.2) is 28.9 Å². The highest BCUT2D eigenvalue weighted by Gasteiger charge is 2.33. The Labute approximate surface area is 159 Å². The van der Waals surface area contributed by atoms with E-state index in [0.29, 0.717) is 5.56 Å². The van der Waals surface area contributed by atoms with E-state index in [-0.39, 0.29) is 24.2 Å². The molecule has 3 atom stereocenters. The molecule has 144 valence electrons. The van der Waals surface area contributed by atoms with Crippen LogP contribution >= 0.6 is 0 Å². The highest BCUT2D eigenvalue weighted by Crippen LogP contribution is 2.33. The van der Waals surface area contributed by atoms with Gasteiger partial charge in [0.15, 0.2) is 5.76 Å². The molecule has 2 aliphatic heterocycles. The van der Waals surface area contributed by atoms with Crippen molar-refractivity contribution in [3.05, 3.63) is 41.4 Å². The van der Waals surface area contributed by atoms with E-state index in [0.717, 1.165) is 49.7 Å². The molecular formula is C20H26N4O3. The zero-order valence-electron chi connectivity index (χ0n) is 16.1. The summed E-state index contributed by atoms with van der Waals surface area (Å²) >= 11 is 0. The van der Waals surface area contributed by atoms with Crippen LogP contribution in [0, 0.1) is 6.92 Å². The quantitative estimate of drug-likeness (QED) is 0.827. The molecule has 4 rings (SSSR count). The van der Waals surface area contributed by atoms with Gasteiger partial charge in [-0.2, -0.15) is 0 Å². The maximum atomic E-state index is 13.0. The van der Waals surface area contributed by atoms with Gasteiger partial charge < -0.3 is 19.1 Å². The lowest BCUT2D eigenvalue weighted by Gasteiger charge is -2.36. The number of aromatic nitrogens is 2. The molecular weight excluding hydrogens is 344 g/mol. The largest absolute Gasteiger partial charge is 0.372 e. The Morgan fingerprint density at radius 1 is 1.22 bits per heavy atom. The van der Waals surface area contributed by atoms with Crippen molar-refractivity contribution in [2.24, 2.45) is 0 Å². The molecule has 2 aromatic heterocycles. The molecule has 2 fully saturated rings. The highest BCUT2D eigenvalue weighted by atomic mass is 16.5. The van der Waals surface area contributed by atoms with Crippen LogP contribution in [0.4, 0.5) is 5.82 Å². The fourth-order valence-corrected chi connectivity index (χ4v) is 4.08. The van der Waals surface area contributed by atoms with Crippen molar-refractivity contribution in [3.63, 3.8) is 0 Å². The Morgan fingerprint density at radius 3 is 2.63 bits per heavy atom. The fraction of sp³-hybridized carbons (Fsp3) is 0.550. The maximum Gasteiger partial charge on any atom is 0.256 e. The number of aryl methyl sites for hydroxylation is 1. The van der Waals surface area contributed by atoms with Crippen LogP contribution in [0.2, 0.25) is 0 Å². The van der Waals surface area contributed by atoms with E-state index >= 15 is 0 Å². The molecule has 0 unspecified atom stereocenters. The maximum absolute atomic E-state index is 13.0. The SMILES string of the molecule is Cc1cc([C@@H]2CCCN2C(=O)c2ccc(N3C[C@@H](C)O[C@@H](C)C3)nc2)on1. The summed E-state index contributed by atoms with van der Waals surface area (Å²) in [5.41, 5.74) is 1.44. The first-order valence-electron chi connectivity index (χ1n) is 9.62. The number of carbonyl (C=O) groups is 1. The van der Waals surface area contributed by atoms with Crippen molar-refractivity contribution in [2.45, 2.75) is 51.9 Å². The molecule has 1 amide bonds. The molecule has 2 saturated heterocycles. The van der Waals surface area contributed by atoms with Crippen molar-refractivity contribution < 1.29 is 14.1 Å². The minimum atomic E-state index is -0.0423. The second-order valence-electron chi connectivity index (χ2n) is 7.59. The van der Waals surface area contributed by atoms with Crippen molar-refractivity contribution in [3.8, 4) is 0 Å². The number of nitrogens with zero attached hydrogens (tertiary/aromatic N) is 4. The van der Waals surface area contributed by atoms with Crippen molar-refractivity contribution >= 4 is 11.7 Å². The summed E-state index contributed by atoms with van der Waals surface area (Å²) in [5.74, 6) is 1.64. The molecule has 0 radical (unpaired) electrons. The van der Waals surface area contributed by atoms with Crippen molar-refractivity contribution in [1.82, 2.24) is 15.0 Å². The van der Waals surface area contributed by atoms with E-state index in [4.69, 9.17) is 9.26 Å². The summed E-state index contributed by atoms with van der Waals surface area (Å²) in [5, 5.41) is 3.96. The van der Waals surface area contributed by atoms with Gasteiger partial charge in [-0.15, -0.1) is 0 Å². The van der Waals surface area contributed by atoms with Crippen molar-refractivity contribution in [2.75, 3.05) is 24.5 Å². The Kier molecular flexibility index (Phi) is 4.86. The van der Waals surface area contributed by atoms with E-state index < -0.39 is 0 Å². The van der Waals surface area contributed by atoms with Gasteiger partial charge in [0.25, 0.3) is 5.91 Å². The molecule has 4 heterocycles. The van der Waals surface area contributed by atoms with Crippen LogP contribution < -0.4 is 4.90 Å². The predicted octanol–water partition coefficient (Wildman–Crippen LogP) is 2.97. The van der Waals surface area contributed by atoms with Gasteiger partial charge in [-0.1, -0.05) is 5.16 Å². The van der Waals surface area contributed by atoms with E-state index in [1.807, 2.05) is 30.0 Å². The lowest BCUT2D eigenvalue weighted by Crippen LogP contribution is -2.45. The average molecular weight is 370 g/mol. The minimum Gasteiger partial charge on any atom is -0.372 e.